The first-order chi connectivity index (χ1) is 4.16. The van der Waals surface area contributed by atoms with Crippen molar-refractivity contribution in [2.24, 2.45) is 0 Å². The van der Waals surface area contributed by atoms with Gasteiger partial charge >= 0.3 is 5.97 Å². The van der Waals surface area contributed by atoms with Gasteiger partial charge in [-0.1, -0.05) is 0 Å². The average molecular weight is 130 g/mol. The first-order valence-electron chi connectivity index (χ1n) is 2.64. The van der Waals surface area contributed by atoms with E-state index in [1.54, 1.807) is 6.92 Å². The van der Waals surface area contributed by atoms with Gasteiger partial charge in [0.2, 0.25) is 0 Å². The summed E-state index contributed by atoms with van der Waals surface area (Å²) in [5, 5.41) is 8.69. The zero-order chi connectivity index (χ0) is 7.28. The van der Waals surface area contributed by atoms with E-state index in [1.807, 2.05) is 0 Å². The van der Waals surface area contributed by atoms with E-state index in [4.69, 9.17) is 5.11 Å². The molecule has 0 aromatic heterocycles. The van der Waals surface area contributed by atoms with Crippen LogP contribution in [0.2, 0.25) is 0 Å². The van der Waals surface area contributed by atoms with Crippen LogP contribution in [0.3, 0.4) is 0 Å². The second-order valence-corrected chi connectivity index (χ2v) is 1.56. The zero-order valence-electron chi connectivity index (χ0n) is 5.55. The molecule has 0 unspecified atom stereocenters. The van der Waals surface area contributed by atoms with E-state index in [1.165, 1.54) is 13.0 Å². The third kappa shape index (κ3) is 4.87. The minimum atomic E-state index is -0.386. The number of rotatable bonds is 2. The second-order valence-electron chi connectivity index (χ2n) is 1.56. The van der Waals surface area contributed by atoms with Crippen molar-refractivity contribution in [1.29, 1.82) is 0 Å². The highest BCUT2D eigenvalue weighted by atomic mass is 16.5. The van der Waals surface area contributed by atoms with Crippen molar-refractivity contribution >= 4 is 5.97 Å². The summed E-state index contributed by atoms with van der Waals surface area (Å²) in [7, 11) is 0. The molecule has 0 aromatic rings. The smallest absolute Gasteiger partial charge is 0.303 e. The highest BCUT2D eigenvalue weighted by Crippen LogP contribution is 1.88. The molecule has 9 heavy (non-hydrogen) atoms. The van der Waals surface area contributed by atoms with Gasteiger partial charge < -0.3 is 9.84 Å². The molecule has 0 heterocycles. The highest BCUT2D eigenvalue weighted by Gasteiger charge is 1.93. The van der Waals surface area contributed by atoms with Crippen LogP contribution in [0.4, 0.5) is 0 Å². The van der Waals surface area contributed by atoms with Crippen LogP contribution in [0.1, 0.15) is 13.8 Å². The largest absolute Gasteiger partial charge is 0.509 e. The number of hydrogen-bond acceptors (Lipinski definition) is 3. The number of aliphatic hydroxyl groups is 1. The maximum Gasteiger partial charge on any atom is 0.303 e. The zero-order valence-corrected chi connectivity index (χ0v) is 5.55. The lowest BCUT2D eigenvalue weighted by molar-refractivity contribution is -0.140. The Kier molecular flexibility index (Phi) is 3.51. The summed E-state index contributed by atoms with van der Waals surface area (Å²) in [6, 6.07) is 0. The van der Waals surface area contributed by atoms with Crippen LogP contribution in [-0.2, 0) is 9.53 Å². The van der Waals surface area contributed by atoms with Crippen LogP contribution in [0, 0.1) is 0 Å². The molecule has 0 saturated carbocycles. The molecular formula is C6H10O3. The summed E-state index contributed by atoms with van der Waals surface area (Å²) in [5.74, 6) is -0.311. The van der Waals surface area contributed by atoms with Crippen LogP contribution in [-0.4, -0.2) is 17.7 Å². The molecule has 0 aliphatic heterocycles. The van der Waals surface area contributed by atoms with Gasteiger partial charge in [0.25, 0.3) is 0 Å². The van der Waals surface area contributed by atoms with Gasteiger partial charge in [0, 0.05) is 6.92 Å². The van der Waals surface area contributed by atoms with E-state index in [2.05, 4.69) is 4.74 Å². The number of esters is 1. The van der Waals surface area contributed by atoms with Crippen LogP contribution >= 0.6 is 0 Å². The van der Waals surface area contributed by atoms with E-state index < -0.39 is 0 Å². The van der Waals surface area contributed by atoms with E-state index in [9.17, 15) is 4.79 Å². The maximum absolute atomic E-state index is 10.1. The minimum Gasteiger partial charge on any atom is -0.509 e. The molecule has 52 valence electrons. The van der Waals surface area contributed by atoms with Crippen molar-refractivity contribution in [3.63, 3.8) is 0 Å². The summed E-state index contributed by atoms with van der Waals surface area (Å²) in [5.41, 5.74) is 0. The van der Waals surface area contributed by atoms with Gasteiger partial charge in [-0.25, -0.2) is 0 Å². The molecule has 0 rings (SSSR count). The Hall–Kier alpha value is -0.990. The van der Waals surface area contributed by atoms with Crippen molar-refractivity contribution in [2.75, 3.05) is 6.61 Å². The van der Waals surface area contributed by atoms with Crippen molar-refractivity contribution in [1.82, 2.24) is 0 Å². The predicted octanol–water partition coefficient (Wildman–Crippen LogP) is 1.01. The number of carbonyl (C=O) groups is 1. The number of ether oxygens (including phenoxy) is 1. The number of allylic oxidation sites excluding steroid dienone is 1. The molecule has 0 aliphatic rings. The fourth-order valence-electron chi connectivity index (χ4n) is 0.259. The van der Waals surface area contributed by atoms with E-state index in [0.29, 0.717) is 0 Å². The summed E-state index contributed by atoms with van der Waals surface area (Å²) in [6.07, 6.45) is 1.48. The molecule has 3 heteroatoms. The lowest BCUT2D eigenvalue weighted by Gasteiger charge is -1.97. The monoisotopic (exact) mass is 130 g/mol. The lowest BCUT2D eigenvalue weighted by Crippen LogP contribution is -2.02. The molecule has 0 fully saturated rings. The molecule has 0 radical (unpaired) electrons. The number of hydrogen-bond donors (Lipinski definition) is 1. The Morgan fingerprint density at radius 3 is 2.67 bits per heavy atom. The van der Waals surface area contributed by atoms with Crippen LogP contribution in [0.5, 0.6) is 0 Å². The van der Waals surface area contributed by atoms with Gasteiger partial charge in [0.15, 0.2) is 0 Å². The molecule has 0 bridgehead atoms. The van der Waals surface area contributed by atoms with Crippen LogP contribution in [0.25, 0.3) is 0 Å². The molecular weight excluding hydrogens is 120 g/mol. The van der Waals surface area contributed by atoms with Gasteiger partial charge in [-0.3, -0.25) is 4.79 Å². The predicted molar refractivity (Wildman–Crippen MR) is 33.0 cm³/mol. The quantitative estimate of drug-likeness (QED) is 0.448. The van der Waals surface area contributed by atoms with E-state index >= 15 is 0 Å². The summed E-state index contributed by atoms with van der Waals surface area (Å²) in [4.78, 5) is 10.1. The van der Waals surface area contributed by atoms with Gasteiger partial charge in [-0.05, 0) is 13.0 Å². The van der Waals surface area contributed by atoms with E-state index in [-0.39, 0.29) is 18.3 Å². The van der Waals surface area contributed by atoms with Crippen molar-refractivity contribution in [3.05, 3.63) is 11.8 Å². The average Bonchev–Trinajstić information content (AvgIpc) is 1.83. The maximum atomic E-state index is 10.1. The van der Waals surface area contributed by atoms with Crippen LogP contribution in [0.15, 0.2) is 11.8 Å². The Balaban J connectivity index is 3.39. The van der Waals surface area contributed by atoms with Gasteiger partial charge in [0.05, 0.1) is 0 Å². The Morgan fingerprint density at radius 2 is 2.33 bits per heavy atom. The van der Waals surface area contributed by atoms with Crippen LogP contribution < -0.4 is 0 Å². The molecule has 0 saturated heterocycles. The third-order valence-electron chi connectivity index (χ3n) is 0.757. The van der Waals surface area contributed by atoms with Crippen molar-refractivity contribution in [2.45, 2.75) is 13.8 Å². The Morgan fingerprint density at radius 1 is 1.78 bits per heavy atom. The molecule has 0 aliphatic carbocycles. The second kappa shape index (κ2) is 3.95. The number of aliphatic hydroxyl groups excluding tert-OH is 1. The standard InChI is InChI=1S/C6H10O3/c1-3-6(8)4-9-5(2)7/h3,8H,4H2,1-2H3. The minimum absolute atomic E-state index is 0.0220. The molecule has 0 atom stereocenters. The Labute approximate surface area is 53.9 Å². The topological polar surface area (TPSA) is 46.5 Å². The molecule has 1 N–H and O–H groups in total. The summed E-state index contributed by atoms with van der Waals surface area (Å²) < 4.78 is 4.44. The van der Waals surface area contributed by atoms with Crippen molar-refractivity contribution < 1.29 is 14.6 Å². The van der Waals surface area contributed by atoms with E-state index in [0.717, 1.165) is 0 Å². The molecule has 0 amide bonds. The van der Waals surface area contributed by atoms with Gasteiger partial charge in [-0.2, -0.15) is 0 Å². The Bertz CT molecular complexity index is 126. The molecule has 0 spiro atoms. The third-order valence-corrected chi connectivity index (χ3v) is 0.757. The number of carbonyl (C=O) groups excluding carboxylic acids is 1. The SMILES string of the molecule is CC=C(O)COC(C)=O. The van der Waals surface area contributed by atoms with Gasteiger partial charge in [-0.15, -0.1) is 0 Å². The molecule has 3 nitrogen and oxygen atoms in total. The van der Waals surface area contributed by atoms with Crippen molar-refractivity contribution in [3.8, 4) is 0 Å². The lowest BCUT2D eigenvalue weighted by atomic mass is 10.5. The van der Waals surface area contributed by atoms with Gasteiger partial charge in [0.1, 0.15) is 12.4 Å². The summed E-state index contributed by atoms with van der Waals surface area (Å²) in [6.45, 7) is 2.94. The highest BCUT2D eigenvalue weighted by molar-refractivity contribution is 5.66. The fourth-order valence-corrected chi connectivity index (χ4v) is 0.259. The first kappa shape index (κ1) is 8.01. The first-order valence-corrected chi connectivity index (χ1v) is 2.64. The normalized spacial score (nSPS) is 11.1. The summed E-state index contributed by atoms with van der Waals surface area (Å²) >= 11 is 0. The fraction of sp³-hybridized carbons (Fsp3) is 0.500. The molecule has 0 aromatic carbocycles.